The van der Waals surface area contributed by atoms with Crippen molar-refractivity contribution >= 4 is 39.3 Å². The Balaban J connectivity index is 1.71. The number of benzene rings is 2. The molecule has 0 unspecified atom stereocenters. The van der Waals surface area contributed by atoms with Gasteiger partial charge in [0, 0.05) is 0 Å². The predicted octanol–water partition coefficient (Wildman–Crippen LogP) is 5.05. The lowest BCUT2D eigenvalue weighted by atomic mass is 9.98. The highest BCUT2D eigenvalue weighted by atomic mass is 32.1. The van der Waals surface area contributed by atoms with Crippen LogP contribution >= 0.6 is 11.3 Å². The number of ether oxygens (including phenoxy) is 2. The number of para-hydroxylation sites is 1. The summed E-state index contributed by atoms with van der Waals surface area (Å²) in [5.74, 6) is -0.520. The molecular formula is C27H22N2O6S. The third kappa shape index (κ3) is 3.87. The molecule has 9 heteroatoms. The molecule has 0 aliphatic carbocycles. The number of hydrogen-bond acceptors (Lipinski definition) is 8. The number of esters is 1. The van der Waals surface area contributed by atoms with Crippen molar-refractivity contribution in [1.29, 1.82) is 0 Å². The molecule has 182 valence electrons. The van der Waals surface area contributed by atoms with Gasteiger partial charge in [0.05, 0.1) is 29.3 Å². The standard InChI is InChI=1S/C27H22N2O6S/c1-4-13-34-26(32)24-15(3)28-27(36-24)29-21(16-9-8-10-17(14-16)33-5-2)20-22(30)18-11-6-7-12-19(18)35-23(20)25(29)31/h4,6-12,14,21H,1,5,13H2,2-3H3/t21-/m0/s1. The first-order valence-corrected chi connectivity index (χ1v) is 12.1. The van der Waals surface area contributed by atoms with Crippen LogP contribution in [0.5, 0.6) is 5.75 Å². The number of nitrogens with zero attached hydrogens (tertiary/aromatic N) is 2. The van der Waals surface area contributed by atoms with Gasteiger partial charge in [-0.15, -0.1) is 0 Å². The molecule has 1 amide bonds. The first-order valence-electron chi connectivity index (χ1n) is 11.3. The van der Waals surface area contributed by atoms with E-state index in [9.17, 15) is 14.4 Å². The molecule has 1 aliphatic heterocycles. The van der Waals surface area contributed by atoms with Gasteiger partial charge < -0.3 is 13.9 Å². The van der Waals surface area contributed by atoms with Crippen molar-refractivity contribution in [3.63, 3.8) is 0 Å². The molecule has 2 aromatic heterocycles. The Bertz CT molecular complexity index is 1570. The highest BCUT2D eigenvalue weighted by Crippen LogP contribution is 2.43. The lowest BCUT2D eigenvalue weighted by molar-refractivity contribution is 0.0554. The van der Waals surface area contributed by atoms with Gasteiger partial charge in [0.2, 0.25) is 5.76 Å². The topological polar surface area (TPSA) is 98.9 Å². The van der Waals surface area contributed by atoms with Crippen LogP contribution in [-0.2, 0) is 4.74 Å². The summed E-state index contributed by atoms with van der Waals surface area (Å²) in [6, 6.07) is 13.2. The Morgan fingerprint density at radius 2 is 2.03 bits per heavy atom. The second-order valence-corrected chi connectivity index (χ2v) is 9.03. The van der Waals surface area contributed by atoms with E-state index >= 15 is 0 Å². The SMILES string of the molecule is C=CCOC(=O)c1sc(N2C(=O)c3oc4ccccc4c(=O)c3[C@@H]2c2cccc(OCC)c2)nc1C. The minimum absolute atomic E-state index is 0.0471. The molecule has 0 radical (unpaired) electrons. The van der Waals surface area contributed by atoms with Crippen LogP contribution in [0, 0.1) is 6.92 Å². The molecule has 0 saturated carbocycles. The Morgan fingerprint density at radius 3 is 2.81 bits per heavy atom. The number of fused-ring (bicyclic) bond motifs is 2. The largest absolute Gasteiger partial charge is 0.494 e. The minimum atomic E-state index is -0.823. The maximum Gasteiger partial charge on any atom is 0.350 e. The van der Waals surface area contributed by atoms with E-state index in [-0.39, 0.29) is 33.4 Å². The number of thiazole rings is 1. The van der Waals surface area contributed by atoms with E-state index in [4.69, 9.17) is 13.9 Å². The fourth-order valence-electron chi connectivity index (χ4n) is 4.25. The van der Waals surface area contributed by atoms with Crippen molar-refractivity contribution in [3.05, 3.63) is 98.9 Å². The average molecular weight is 503 g/mol. The molecule has 0 fully saturated rings. The quantitative estimate of drug-likeness (QED) is 0.258. The van der Waals surface area contributed by atoms with Crippen molar-refractivity contribution in [1.82, 2.24) is 4.98 Å². The summed E-state index contributed by atoms with van der Waals surface area (Å²) >= 11 is 1.02. The molecule has 4 aromatic rings. The number of rotatable bonds is 7. The molecule has 5 rings (SSSR count). The van der Waals surface area contributed by atoms with Crippen LogP contribution < -0.4 is 15.1 Å². The van der Waals surface area contributed by atoms with Gasteiger partial charge in [0.1, 0.15) is 22.8 Å². The minimum Gasteiger partial charge on any atom is -0.494 e. The van der Waals surface area contributed by atoms with Gasteiger partial charge in [-0.05, 0) is 43.7 Å². The van der Waals surface area contributed by atoms with Crippen LogP contribution in [0.3, 0.4) is 0 Å². The van der Waals surface area contributed by atoms with Crippen molar-refractivity contribution in [3.8, 4) is 5.75 Å². The van der Waals surface area contributed by atoms with Crippen molar-refractivity contribution < 1.29 is 23.5 Å². The van der Waals surface area contributed by atoms with E-state index in [1.807, 2.05) is 13.0 Å². The number of amides is 1. The lowest BCUT2D eigenvalue weighted by Crippen LogP contribution is -2.29. The molecule has 1 aliphatic rings. The molecule has 1 atom stereocenters. The third-order valence-corrected chi connectivity index (χ3v) is 6.91. The maximum absolute atomic E-state index is 13.7. The summed E-state index contributed by atoms with van der Waals surface area (Å²) in [5.41, 5.74) is 1.31. The van der Waals surface area contributed by atoms with Gasteiger partial charge in [0.15, 0.2) is 10.6 Å². The number of carbonyl (C=O) groups excluding carboxylic acids is 2. The van der Waals surface area contributed by atoms with Gasteiger partial charge >= 0.3 is 5.97 Å². The molecule has 0 saturated heterocycles. The monoisotopic (exact) mass is 502 g/mol. The van der Waals surface area contributed by atoms with E-state index in [1.54, 1.807) is 49.4 Å². The zero-order chi connectivity index (χ0) is 25.4. The Morgan fingerprint density at radius 1 is 1.22 bits per heavy atom. The number of aromatic nitrogens is 1. The third-order valence-electron chi connectivity index (χ3n) is 5.77. The van der Waals surface area contributed by atoms with Crippen molar-refractivity contribution in [2.75, 3.05) is 18.1 Å². The van der Waals surface area contributed by atoms with Crippen LogP contribution in [0.1, 0.15) is 50.0 Å². The van der Waals surface area contributed by atoms with Gasteiger partial charge in [-0.3, -0.25) is 14.5 Å². The lowest BCUT2D eigenvalue weighted by Gasteiger charge is -2.23. The number of anilines is 1. The molecular weight excluding hydrogens is 480 g/mol. The fourth-order valence-corrected chi connectivity index (χ4v) is 5.24. The highest BCUT2D eigenvalue weighted by molar-refractivity contribution is 7.17. The van der Waals surface area contributed by atoms with Crippen molar-refractivity contribution in [2.45, 2.75) is 19.9 Å². The van der Waals surface area contributed by atoms with Gasteiger partial charge in [0.25, 0.3) is 5.91 Å². The Hall–Kier alpha value is -4.24. The molecule has 8 nitrogen and oxygen atoms in total. The second-order valence-electron chi connectivity index (χ2n) is 8.05. The second kappa shape index (κ2) is 9.43. The van der Waals surface area contributed by atoms with E-state index in [1.165, 1.54) is 11.0 Å². The average Bonchev–Trinajstić information content (AvgIpc) is 3.40. The molecule has 0 N–H and O–H groups in total. The first-order chi connectivity index (χ1) is 17.4. The summed E-state index contributed by atoms with van der Waals surface area (Å²) in [5, 5.41) is 0.630. The molecule has 36 heavy (non-hydrogen) atoms. The molecule has 2 aromatic carbocycles. The number of hydrogen-bond donors (Lipinski definition) is 0. The smallest absolute Gasteiger partial charge is 0.350 e. The summed E-state index contributed by atoms with van der Waals surface area (Å²) in [4.78, 5) is 46.1. The normalized spacial score (nSPS) is 14.7. The highest BCUT2D eigenvalue weighted by Gasteiger charge is 2.45. The summed E-state index contributed by atoms with van der Waals surface area (Å²) in [6.45, 7) is 7.61. The zero-order valence-electron chi connectivity index (χ0n) is 19.6. The number of aryl methyl sites for hydroxylation is 1. The first kappa shape index (κ1) is 23.5. The fraction of sp³-hybridized carbons (Fsp3) is 0.185. The van der Waals surface area contributed by atoms with Crippen LogP contribution in [0.4, 0.5) is 5.13 Å². The van der Waals surface area contributed by atoms with Gasteiger partial charge in [-0.25, -0.2) is 9.78 Å². The van der Waals surface area contributed by atoms with Gasteiger partial charge in [-0.2, -0.15) is 0 Å². The molecule has 0 bridgehead atoms. The van der Waals surface area contributed by atoms with E-state index in [0.29, 0.717) is 34.6 Å². The van der Waals surface area contributed by atoms with Crippen LogP contribution in [0.15, 0.2) is 70.4 Å². The maximum atomic E-state index is 13.7. The Kier molecular flexibility index (Phi) is 6.15. The summed E-state index contributed by atoms with van der Waals surface area (Å²) < 4.78 is 16.8. The van der Waals surface area contributed by atoms with Crippen LogP contribution in [0.2, 0.25) is 0 Å². The molecule has 0 spiro atoms. The van der Waals surface area contributed by atoms with Crippen molar-refractivity contribution in [2.24, 2.45) is 0 Å². The zero-order valence-corrected chi connectivity index (χ0v) is 20.5. The van der Waals surface area contributed by atoms with Crippen LogP contribution in [0.25, 0.3) is 11.0 Å². The summed E-state index contributed by atoms with van der Waals surface area (Å²) in [6.07, 6.45) is 1.47. The van der Waals surface area contributed by atoms with E-state index < -0.39 is 17.9 Å². The predicted molar refractivity (Wildman–Crippen MR) is 136 cm³/mol. The van der Waals surface area contributed by atoms with Gasteiger partial charge in [-0.1, -0.05) is 48.3 Å². The number of carbonyl (C=O) groups is 2. The van der Waals surface area contributed by atoms with Crippen LogP contribution in [-0.4, -0.2) is 30.1 Å². The van der Waals surface area contributed by atoms with E-state index in [0.717, 1.165) is 11.3 Å². The Labute approximate surface area is 210 Å². The van der Waals surface area contributed by atoms with E-state index in [2.05, 4.69) is 11.6 Å². The molecule has 3 heterocycles. The summed E-state index contributed by atoms with van der Waals surface area (Å²) in [7, 11) is 0.